The van der Waals surface area contributed by atoms with E-state index in [-0.39, 0.29) is 29.8 Å². The molecule has 0 spiro atoms. The maximum atomic E-state index is 13.5. The molecule has 0 aliphatic carbocycles. The van der Waals surface area contributed by atoms with E-state index in [1.807, 2.05) is 19.0 Å². The maximum absolute atomic E-state index is 13.5. The zero-order valence-electron chi connectivity index (χ0n) is 15.9. The molecule has 0 aliphatic heterocycles. The fraction of sp³-hybridized carbons (Fsp3) is 0.227. The third-order valence-corrected chi connectivity index (χ3v) is 4.31. The van der Waals surface area contributed by atoms with E-state index in [4.69, 9.17) is 4.42 Å². The summed E-state index contributed by atoms with van der Waals surface area (Å²) in [5.74, 6) is -0.277. The minimum Gasteiger partial charge on any atom is -0.451 e. The van der Waals surface area contributed by atoms with Gasteiger partial charge in [-0.3, -0.25) is 4.79 Å². The summed E-state index contributed by atoms with van der Waals surface area (Å²) in [6.07, 6.45) is 0. The van der Waals surface area contributed by atoms with Crippen molar-refractivity contribution in [3.63, 3.8) is 0 Å². The fourth-order valence-electron chi connectivity index (χ4n) is 2.81. The van der Waals surface area contributed by atoms with Gasteiger partial charge in [0, 0.05) is 25.2 Å². The molecule has 146 valence electrons. The first kappa shape index (κ1) is 19.8. The van der Waals surface area contributed by atoms with Crippen molar-refractivity contribution in [1.29, 1.82) is 0 Å². The van der Waals surface area contributed by atoms with E-state index in [1.54, 1.807) is 41.3 Å². The molecule has 1 heterocycles. The predicted molar refractivity (Wildman–Crippen MR) is 104 cm³/mol. The number of nitrogens with zero attached hydrogens (tertiary/aromatic N) is 2. The second-order valence-corrected chi connectivity index (χ2v) is 6.83. The standard InChI is InChI=1S/C22H22F2N2O2/c1-25(2)12-13-26(15-16-4-3-5-19(24)14-16)22(27)21-11-10-20(28-21)17-6-8-18(23)9-7-17/h3-11,14H,12-13,15H2,1-2H3. The molecule has 0 radical (unpaired) electrons. The van der Waals surface area contributed by atoms with Crippen molar-refractivity contribution in [2.45, 2.75) is 6.54 Å². The quantitative estimate of drug-likeness (QED) is 0.605. The van der Waals surface area contributed by atoms with Gasteiger partial charge >= 0.3 is 0 Å². The molecule has 0 aliphatic rings. The fourth-order valence-corrected chi connectivity index (χ4v) is 2.81. The van der Waals surface area contributed by atoms with Crippen molar-refractivity contribution in [2.75, 3.05) is 27.2 Å². The molecule has 1 amide bonds. The predicted octanol–water partition coefficient (Wildman–Crippen LogP) is 4.43. The van der Waals surface area contributed by atoms with Crippen molar-refractivity contribution >= 4 is 5.91 Å². The van der Waals surface area contributed by atoms with E-state index in [2.05, 4.69) is 0 Å². The van der Waals surface area contributed by atoms with Gasteiger partial charge in [-0.25, -0.2) is 8.78 Å². The Bertz CT molecular complexity index is 936. The number of rotatable bonds is 7. The highest BCUT2D eigenvalue weighted by Crippen LogP contribution is 2.23. The van der Waals surface area contributed by atoms with E-state index < -0.39 is 0 Å². The molecular weight excluding hydrogens is 362 g/mol. The summed E-state index contributed by atoms with van der Waals surface area (Å²) in [6.45, 7) is 1.40. The normalized spacial score (nSPS) is 11.0. The summed E-state index contributed by atoms with van der Waals surface area (Å²) in [4.78, 5) is 16.6. The van der Waals surface area contributed by atoms with Gasteiger partial charge in [-0.15, -0.1) is 0 Å². The Balaban J connectivity index is 1.81. The zero-order chi connectivity index (χ0) is 20.1. The smallest absolute Gasteiger partial charge is 0.289 e. The van der Waals surface area contributed by atoms with Gasteiger partial charge < -0.3 is 14.2 Å². The first-order chi connectivity index (χ1) is 13.4. The Morgan fingerprint density at radius 3 is 2.36 bits per heavy atom. The number of carbonyl (C=O) groups is 1. The highest BCUT2D eigenvalue weighted by atomic mass is 19.1. The van der Waals surface area contributed by atoms with Gasteiger partial charge in [-0.2, -0.15) is 0 Å². The van der Waals surface area contributed by atoms with Crippen LogP contribution in [0.4, 0.5) is 8.78 Å². The van der Waals surface area contributed by atoms with Crippen molar-refractivity contribution in [1.82, 2.24) is 9.80 Å². The van der Waals surface area contributed by atoms with Crippen LogP contribution in [-0.4, -0.2) is 42.9 Å². The van der Waals surface area contributed by atoms with Gasteiger partial charge in [0.05, 0.1) is 0 Å². The lowest BCUT2D eigenvalue weighted by atomic mass is 10.2. The first-order valence-electron chi connectivity index (χ1n) is 8.96. The van der Waals surface area contributed by atoms with E-state index in [9.17, 15) is 13.6 Å². The number of hydrogen-bond donors (Lipinski definition) is 0. The monoisotopic (exact) mass is 384 g/mol. The van der Waals surface area contributed by atoms with Crippen LogP contribution in [0.25, 0.3) is 11.3 Å². The molecule has 4 nitrogen and oxygen atoms in total. The van der Waals surface area contributed by atoms with E-state index in [0.29, 0.717) is 30.0 Å². The molecule has 0 atom stereocenters. The van der Waals surface area contributed by atoms with Gasteiger partial charge in [-0.05, 0) is 68.2 Å². The molecule has 0 fully saturated rings. The van der Waals surface area contributed by atoms with Crippen LogP contribution in [-0.2, 0) is 6.54 Å². The summed E-state index contributed by atoms with van der Waals surface area (Å²) < 4.78 is 32.3. The second kappa shape index (κ2) is 8.80. The summed E-state index contributed by atoms with van der Waals surface area (Å²) in [6, 6.07) is 15.4. The van der Waals surface area contributed by atoms with Crippen LogP contribution in [0, 0.1) is 11.6 Å². The van der Waals surface area contributed by atoms with E-state index >= 15 is 0 Å². The molecule has 3 rings (SSSR count). The average Bonchev–Trinajstić information content (AvgIpc) is 3.15. The Morgan fingerprint density at radius 1 is 0.929 bits per heavy atom. The van der Waals surface area contributed by atoms with Gasteiger partial charge in [0.2, 0.25) is 0 Å². The van der Waals surface area contributed by atoms with Crippen LogP contribution in [0.3, 0.4) is 0 Å². The highest BCUT2D eigenvalue weighted by molar-refractivity contribution is 5.92. The van der Waals surface area contributed by atoms with E-state index in [0.717, 1.165) is 0 Å². The molecule has 0 bridgehead atoms. The van der Waals surface area contributed by atoms with Crippen LogP contribution < -0.4 is 0 Å². The summed E-state index contributed by atoms with van der Waals surface area (Å²) in [5, 5.41) is 0. The highest BCUT2D eigenvalue weighted by Gasteiger charge is 2.20. The van der Waals surface area contributed by atoms with Crippen molar-refractivity contribution in [3.05, 3.63) is 83.6 Å². The number of likely N-dealkylation sites (N-methyl/N-ethyl adjacent to an activating group) is 1. The van der Waals surface area contributed by atoms with Gasteiger partial charge in [-0.1, -0.05) is 12.1 Å². The second-order valence-electron chi connectivity index (χ2n) is 6.83. The topological polar surface area (TPSA) is 36.7 Å². The van der Waals surface area contributed by atoms with Crippen molar-refractivity contribution in [2.24, 2.45) is 0 Å². The molecular formula is C22H22F2N2O2. The summed E-state index contributed by atoms with van der Waals surface area (Å²) >= 11 is 0. The van der Waals surface area contributed by atoms with Crippen molar-refractivity contribution in [3.8, 4) is 11.3 Å². The lowest BCUT2D eigenvalue weighted by Gasteiger charge is -2.23. The Labute approximate surface area is 163 Å². The molecule has 0 N–H and O–H groups in total. The largest absolute Gasteiger partial charge is 0.451 e. The summed E-state index contributed by atoms with van der Waals surface area (Å²) in [7, 11) is 3.84. The number of furan rings is 1. The van der Waals surface area contributed by atoms with Gasteiger partial charge in [0.25, 0.3) is 5.91 Å². The number of halogens is 2. The molecule has 1 aromatic heterocycles. The molecule has 28 heavy (non-hydrogen) atoms. The number of carbonyl (C=O) groups excluding carboxylic acids is 1. The molecule has 2 aromatic carbocycles. The average molecular weight is 384 g/mol. The van der Waals surface area contributed by atoms with Gasteiger partial charge in [0.1, 0.15) is 17.4 Å². The molecule has 0 unspecified atom stereocenters. The Hall–Kier alpha value is -2.99. The van der Waals surface area contributed by atoms with E-state index in [1.165, 1.54) is 24.3 Å². The van der Waals surface area contributed by atoms with Gasteiger partial charge in [0.15, 0.2) is 5.76 Å². The van der Waals surface area contributed by atoms with Crippen LogP contribution in [0.2, 0.25) is 0 Å². The third kappa shape index (κ3) is 5.04. The lowest BCUT2D eigenvalue weighted by molar-refractivity contribution is 0.0700. The van der Waals surface area contributed by atoms with Crippen LogP contribution in [0.1, 0.15) is 16.1 Å². The van der Waals surface area contributed by atoms with Crippen LogP contribution >= 0.6 is 0 Å². The summed E-state index contributed by atoms with van der Waals surface area (Å²) in [5.41, 5.74) is 1.39. The van der Waals surface area contributed by atoms with Crippen LogP contribution in [0.5, 0.6) is 0 Å². The Kier molecular flexibility index (Phi) is 6.21. The number of hydrogen-bond acceptors (Lipinski definition) is 3. The Morgan fingerprint density at radius 2 is 1.68 bits per heavy atom. The first-order valence-corrected chi connectivity index (χ1v) is 8.96. The molecule has 0 saturated heterocycles. The SMILES string of the molecule is CN(C)CCN(Cc1cccc(F)c1)C(=O)c1ccc(-c2ccc(F)cc2)o1. The maximum Gasteiger partial charge on any atom is 0.289 e. The number of amides is 1. The minimum absolute atomic E-state index is 0.189. The molecule has 0 saturated carbocycles. The third-order valence-electron chi connectivity index (χ3n) is 4.31. The van der Waals surface area contributed by atoms with Crippen molar-refractivity contribution < 1.29 is 18.0 Å². The zero-order valence-corrected chi connectivity index (χ0v) is 15.9. The minimum atomic E-state index is -0.339. The molecule has 6 heteroatoms. The number of benzene rings is 2. The van der Waals surface area contributed by atoms with Crippen LogP contribution in [0.15, 0.2) is 65.1 Å². The lowest BCUT2D eigenvalue weighted by Crippen LogP contribution is -2.36. The molecule has 3 aromatic rings.